The molecule has 2 N–H and O–H groups in total. The van der Waals surface area contributed by atoms with Gasteiger partial charge in [0.05, 0.1) is 11.9 Å². The first-order chi connectivity index (χ1) is 7.27. The number of carbonyl (C=O) groups is 1. The number of hydrogen-bond acceptors (Lipinski definition) is 4. The number of hydroxylamine groups is 1. The van der Waals surface area contributed by atoms with Gasteiger partial charge in [-0.1, -0.05) is 6.08 Å². The summed E-state index contributed by atoms with van der Waals surface area (Å²) in [5.41, 5.74) is 3.29. The molecule has 80 valence electrons. The highest BCUT2D eigenvalue weighted by Crippen LogP contribution is 2.16. The van der Waals surface area contributed by atoms with Gasteiger partial charge < -0.3 is 0 Å². The summed E-state index contributed by atoms with van der Waals surface area (Å²) >= 11 is 0. The molecule has 1 aromatic heterocycles. The van der Waals surface area contributed by atoms with E-state index in [0.29, 0.717) is 6.42 Å². The fourth-order valence-corrected chi connectivity index (χ4v) is 1.19. The zero-order valence-corrected chi connectivity index (χ0v) is 8.47. The van der Waals surface area contributed by atoms with Crippen LogP contribution >= 0.6 is 0 Å². The Hall–Kier alpha value is -1.75. The van der Waals surface area contributed by atoms with Crippen molar-refractivity contribution in [3.05, 3.63) is 30.4 Å². The number of aromatic nitrogens is 2. The minimum atomic E-state index is -0.404. The molecule has 0 aliphatic heterocycles. The van der Waals surface area contributed by atoms with E-state index < -0.39 is 5.91 Å². The zero-order valence-electron chi connectivity index (χ0n) is 8.47. The molecule has 1 heterocycles. The third-order valence-corrected chi connectivity index (χ3v) is 1.99. The van der Waals surface area contributed by atoms with Gasteiger partial charge in [-0.05, 0) is 18.9 Å². The van der Waals surface area contributed by atoms with E-state index in [1.165, 1.54) is 0 Å². The summed E-state index contributed by atoms with van der Waals surface area (Å²) in [5, 5.41) is 8.34. The Bertz CT molecular complexity index is 349. The third kappa shape index (κ3) is 3.47. The average molecular weight is 207 g/mol. The van der Waals surface area contributed by atoms with Crippen LogP contribution in [0.4, 0.5) is 0 Å². The number of allylic oxidation sites excluding steroid dienone is 2. The van der Waals surface area contributed by atoms with Gasteiger partial charge in [-0.3, -0.25) is 20.0 Å². The smallest absolute Gasteiger partial charge is 0.243 e. The van der Waals surface area contributed by atoms with Crippen LogP contribution in [0.25, 0.3) is 5.57 Å². The van der Waals surface area contributed by atoms with Crippen molar-refractivity contribution in [1.82, 2.24) is 15.4 Å². The van der Waals surface area contributed by atoms with Crippen LogP contribution in [0.5, 0.6) is 0 Å². The summed E-state index contributed by atoms with van der Waals surface area (Å²) in [6.45, 7) is 1.88. The summed E-state index contributed by atoms with van der Waals surface area (Å²) < 4.78 is 0. The van der Waals surface area contributed by atoms with Crippen molar-refractivity contribution in [3.8, 4) is 0 Å². The lowest BCUT2D eigenvalue weighted by atomic mass is 10.1. The number of nitrogens with one attached hydrogen (secondary N) is 1. The Labute approximate surface area is 87.8 Å². The predicted molar refractivity (Wildman–Crippen MR) is 54.8 cm³/mol. The van der Waals surface area contributed by atoms with Crippen LogP contribution in [0, 0.1) is 0 Å². The molecule has 5 nitrogen and oxygen atoms in total. The van der Waals surface area contributed by atoms with Crippen LogP contribution in [0.15, 0.2) is 24.7 Å². The molecule has 0 radical (unpaired) electrons. The van der Waals surface area contributed by atoms with Crippen LogP contribution in [0.2, 0.25) is 0 Å². The van der Waals surface area contributed by atoms with Crippen LogP contribution in [0.1, 0.15) is 25.5 Å². The fraction of sp³-hybridized carbons (Fsp3) is 0.300. The van der Waals surface area contributed by atoms with E-state index in [9.17, 15) is 4.79 Å². The molecule has 1 amide bonds. The van der Waals surface area contributed by atoms with Gasteiger partial charge in [0.15, 0.2) is 0 Å². The summed E-state index contributed by atoms with van der Waals surface area (Å²) in [6.07, 6.45) is 7.48. The molecule has 0 fully saturated rings. The maximum atomic E-state index is 10.8. The van der Waals surface area contributed by atoms with Gasteiger partial charge in [0, 0.05) is 18.8 Å². The molecular weight excluding hydrogens is 194 g/mol. The van der Waals surface area contributed by atoms with Gasteiger partial charge in [-0.15, -0.1) is 0 Å². The Morgan fingerprint density at radius 1 is 1.53 bits per heavy atom. The minimum Gasteiger partial charge on any atom is -0.289 e. The molecule has 0 saturated carbocycles. The second-order valence-corrected chi connectivity index (χ2v) is 2.94. The fourth-order valence-electron chi connectivity index (χ4n) is 1.19. The molecule has 1 aromatic rings. The predicted octanol–water partition coefficient (Wildman–Crippen LogP) is 1.17. The number of hydrogen-bond donors (Lipinski definition) is 2. The molecule has 0 spiro atoms. The lowest BCUT2D eigenvalue weighted by molar-refractivity contribution is -0.129. The Kier molecular flexibility index (Phi) is 4.43. The monoisotopic (exact) mass is 207 g/mol. The molecule has 0 aliphatic carbocycles. The van der Waals surface area contributed by atoms with Crippen LogP contribution in [-0.2, 0) is 4.79 Å². The first-order valence-electron chi connectivity index (χ1n) is 4.62. The topological polar surface area (TPSA) is 75.1 Å². The molecule has 1 rings (SSSR count). The van der Waals surface area contributed by atoms with E-state index >= 15 is 0 Å². The van der Waals surface area contributed by atoms with Gasteiger partial charge in [0.2, 0.25) is 5.91 Å². The second kappa shape index (κ2) is 5.87. The van der Waals surface area contributed by atoms with Gasteiger partial charge in [0.1, 0.15) is 0 Å². The summed E-state index contributed by atoms with van der Waals surface area (Å²) in [5.74, 6) is -0.404. The number of rotatable bonds is 4. The van der Waals surface area contributed by atoms with Crippen molar-refractivity contribution in [1.29, 1.82) is 0 Å². The van der Waals surface area contributed by atoms with Crippen molar-refractivity contribution >= 4 is 11.5 Å². The lowest BCUT2D eigenvalue weighted by Gasteiger charge is -2.04. The van der Waals surface area contributed by atoms with Crippen LogP contribution in [-0.4, -0.2) is 21.1 Å². The van der Waals surface area contributed by atoms with Crippen molar-refractivity contribution in [3.63, 3.8) is 0 Å². The molecular formula is C10H13N3O2. The van der Waals surface area contributed by atoms with Crippen molar-refractivity contribution in [2.24, 2.45) is 0 Å². The lowest BCUT2D eigenvalue weighted by Crippen LogP contribution is -2.18. The maximum Gasteiger partial charge on any atom is 0.243 e. The molecule has 0 saturated heterocycles. The molecule has 0 atom stereocenters. The summed E-state index contributed by atoms with van der Waals surface area (Å²) in [4.78, 5) is 18.9. The normalized spacial score (nSPS) is 11.2. The van der Waals surface area contributed by atoms with E-state index in [1.54, 1.807) is 24.1 Å². The molecule has 0 bridgehead atoms. The second-order valence-electron chi connectivity index (χ2n) is 2.94. The Morgan fingerprint density at radius 2 is 2.33 bits per heavy atom. The van der Waals surface area contributed by atoms with E-state index in [0.717, 1.165) is 11.3 Å². The van der Waals surface area contributed by atoms with Crippen molar-refractivity contribution in [2.45, 2.75) is 19.8 Å². The van der Waals surface area contributed by atoms with Crippen LogP contribution in [0.3, 0.4) is 0 Å². The highest BCUT2D eigenvalue weighted by Gasteiger charge is 2.05. The highest BCUT2D eigenvalue weighted by atomic mass is 16.5. The van der Waals surface area contributed by atoms with Crippen molar-refractivity contribution in [2.75, 3.05) is 0 Å². The quantitative estimate of drug-likeness (QED) is 0.574. The van der Waals surface area contributed by atoms with Crippen LogP contribution < -0.4 is 5.48 Å². The van der Waals surface area contributed by atoms with E-state index in [1.807, 2.05) is 13.0 Å². The Balaban J connectivity index is 2.63. The molecule has 0 aromatic carbocycles. The van der Waals surface area contributed by atoms with Gasteiger partial charge in [-0.2, -0.15) is 0 Å². The van der Waals surface area contributed by atoms with Crippen molar-refractivity contribution < 1.29 is 10.0 Å². The molecule has 15 heavy (non-hydrogen) atoms. The number of carbonyl (C=O) groups excluding carboxylic acids is 1. The maximum absolute atomic E-state index is 10.8. The van der Waals surface area contributed by atoms with E-state index in [-0.39, 0.29) is 6.42 Å². The number of amides is 1. The first-order valence-corrected chi connectivity index (χ1v) is 4.62. The summed E-state index contributed by atoms with van der Waals surface area (Å²) in [7, 11) is 0. The van der Waals surface area contributed by atoms with E-state index in [2.05, 4.69) is 9.97 Å². The van der Waals surface area contributed by atoms with Gasteiger partial charge in [0.25, 0.3) is 0 Å². The first kappa shape index (κ1) is 11.3. The molecule has 5 heteroatoms. The average Bonchev–Trinajstić information content (AvgIpc) is 2.31. The highest BCUT2D eigenvalue weighted by molar-refractivity contribution is 5.77. The summed E-state index contributed by atoms with van der Waals surface area (Å²) in [6, 6.07) is 0. The Morgan fingerprint density at radius 3 is 2.87 bits per heavy atom. The largest absolute Gasteiger partial charge is 0.289 e. The zero-order chi connectivity index (χ0) is 11.1. The SMILES string of the molecule is C/C=C(\CCC(=O)NO)c1cnccn1. The minimum absolute atomic E-state index is 0.229. The van der Waals surface area contributed by atoms with Gasteiger partial charge >= 0.3 is 0 Å². The number of nitrogens with zero attached hydrogens (tertiary/aromatic N) is 2. The van der Waals surface area contributed by atoms with E-state index in [4.69, 9.17) is 5.21 Å². The third-order valence-electron chi connectivity index (χ3n) is 1.99. The standard InChI is InChI=1S/C10H13N3O2/c1-2-8(3-4-10(14)13-15)9-7-11-5-6-12-9/h2,5-7,15H,3-4H2,1H3,(H,13,14)/b8-2+. The molecule has 0 aliphatic rings. The van der Waals surface area contributed by atoms with Gasteiger partial charge in [-0.25, -0.2) is 5.48 Å². The molecule has 0 unspecified atom stereocenters.